The second kappa shape index (κ2) is 6.91. The fourth-order valence-electron chi connectivity index (χ4n) is 2.61. The number of aryl methyl sites for hydroxylation is 2. The summed E-state index contributed by atoms with van der Waals surface area (Å²) in [5.74, 6) is 0.552. The number of aromatic nitrogens is 2. The standard InChI is InChI=1S/C16H22ClN3/c1-12-8-16(20(3)19-12)10-14(11-18-2)9-13-4-6-15(17)7-5-13/h4-8,14,18H,9-11H2,1-3H3. The minimum atomic E-state index is 0.552. The Bertz CT molecular complexity index is 545. The molecule has 0 aliphatic heterocycles. The quantitative estimate of drug-likeness (QED) is 0.887. The highest BCUT2D eigenvalue weighted by Crippen LogP contribution is 2.17. The second-order valence-corrected chi connectivity index (χ2v) is 5.80. The van der Waals surface area contributed by atoms with Crippen molar-refractivity contribution < 1.29 is 0 Å². The first-order valence-corrected chi connectivity index (χ1v) is 7.35. The van der Waals surface area contributed by atoms with Crippen LogP contribution in [0.25, 0.3) is 0 Å². The molecule has 1 unspecified atom stereocenters. The van der Waals surface area contributed by atoms with Gasteiger partial charge in [-0.2, -0.15) is 5.10 Å². The fourth-order valence-corrected chi connectivity index (χ4v) is 2.74. The van der Waals surface area contributed by atoms with Crippen LogP contribution in [0.1, 0.15) is 17.0 Å². The number of hydrogen-bond donors (Lipinski definition) is 1. The Morgan fingerprint density at radius 2 is 1.95 bits per heavy atom. The van der Waals surface area contributed by atoms with Crippen molar-refractivity contribution in [1.82, 2.24) is 15.1 Å². The third kappa shape index (κ3) is 4.09. The van der Waals surface area contributed by atoms with E-state index in [1.54, 1.807) is 0 Å². The Kier molecular flexibility index (Phi) is 5.21. The van der Waals surface area contributed by atoms with Gasteiger partial charge in [0.25, 0.3) is 0 Å². The zero-order valence-corrected chi connectivity index (χ0v) is 13.1. The lowest BCUT2D eigenvalue weighted by Gasteiger charge is -2.17. The highest BCUT2D eigenvalue weighted by molar-refractivity contribution is 6.30. The molecule has 108 valence electrons. The summed E-state index contributed by atoms with van der Waals surface area (Å²) in [6.45, 7) is 3.03. The van der Waals surface area contributed by atoms with E-state index in [1.165, 1.54) is 11.3 Å². The number of hydrogen-bond acceptors (Lipinski definition) is 2. The van der Waals surface area contributed by atoms with Crippen molar-refractivity contribution in [2.75, 3.05) is 13.6 Å². The molecule has 1 N–H and O–H groups in total. The Balaban J connectivity index is 2.06. The molecule has 4 heteroatoms. The van der Waals surface area contributed by atoms with Crippen molar-refractivity contribution in [2.45, 2.75) is 19.8 Å². The lowest BCUT2D eigenvalue weighted by atomic mass is 9.94. The van der Waals surface area contributed by atoms with Crippen LogP contribution in [0, 0.1) is 12.8 Å². The van der Waals surface area contributed by atoms with E-state index in [9.17, 15) is 0 Å². The van der Waals surface area contributed by atoms with Crippen LogP contribution < -0.4 is 5.32 Å². The molecule has 0 aliphatic rings. The van der Waals surface area contributed by atoms with Crippen molar-refractivity contribution in [3.05, 3.63) is 52.3 Å². The number of benzene rings is 1. The summed E-state index contributed by atoms with van der Waals surface area (Å²) in [7, 11) is 4.02. The number of nitrogens with zero attached hydrogens (tertiary/aromatic N) is 2. The average Bonchev–Trinajstić information content (AvgIpc) is 2.71. The van der Waals surface area contributed by atoms with E-state index >= 15 is 0 Å². The zero-order valence-electron chi connectivity index (χ0n) is 12.4. The number of nitrogens with one attached hydrogen (secondary N) is 1. The van der Waals surface area contributed by atoms with Gasteiger partial charge < -0.3 is 5.32 Å². The normalized spacial score (nSPS) is 12.6. The van der Waals surface area contributed by atoms with Crippen molar-refractivity contribution in [1.29, 1.82) is 0 Å². The predicted octanol–water partition coefficient (Wildman–Crippen LogP) is 3.00. The van der Waals surface area contributed by atoms with E-state index in [2.05, 4.69) is 28.6 Å². The van der Waals surface area contributed by atoms with E-state index in [1.807, 2.05) is 37.8 Å². The van der Waals surface area contributed by atoms with E-state index < -0.39 is 0 Å². The lowest BCUT2D eigenvalue weighted by Crippen LogP contribution is -2.23. The van der Waals surface area contributed by atoms with Crippen molar-refractivity contribution in [3.8, 4) is 0 Å². The van der Waals surface area contributed by atoms with Crippen LogP contribution in [0.2, 0.25) is 5.02 Å². The van der Waals surface area contributed by atoms with Crippen molar-refractivity contribution >= 4 is 11.6 Å². The van der Waals surface area contributed by atoms with Crippen molar-refractivity contribution in [2.24, 2.45) is 13.0 Å². The Hall–Kier alpha value is -1.32. The van der Waals surface area contributed by atoms with E-state index in [4.69, 9.17) is 11.6 Å². The smallest absolute Gasteiger partial charge is 0.0596 e. The van der Waals surface area contributed by atoms with Gasteiger partial charge in [0, 0.05) is 17.8 Å². The largest absolute Gasteiger partial charge is 0.319 e. The molecule has 0 bridgehead atoms. The molecular weight excluding hydrogens is 270 g/mol. The zero-order chi connectivity index (χ0) is 14.5. The molecule has 1 aromatic heterocycles. The van der Waals surface area contributed by atoms with Gasteiger partial charge in [-0.1, -0.05) is 23.7 Å². The summed E-state index contributed by atoms with van der Waals surface area (Å²) in [5, 5.41) is 8.50. The van der Waals surface area contributed by atoms with Crippen LogP contribution in [0.15, 0.2) is 30.3 Å². The maximum absolute atomic E-state index is 5.94. The molecule has 0 radical (unpaired) electrons. The van der Waals surface area contributed by atoms with Gasteiger partial charge in [-0.05, 0) is 63.0 Å². The summed E-state index contributed by atoms with van der Waals surface area (Å²) >= 11 is 5.94. The van der Waals surface area contributed by atoms with Crippen LogP contribution >= 0.6 is 11.6 Å². The SMILES string of the molecule is CNCC(Cc1ccc(Cl)cc1)Cc1cc(C)nn1C. The third-order valence-corrected chi connectivity index (χ3v) is 3.78. The molecule has 1 aromatic carbocycles. The molecule has 0 spiro atoms. The molecule has 20 heavy (non-hydrogen) atoms. The maximum Gasteiger partial charge on any atom is 0.0596 e. The van der Waals surface area contributed by atoms with Gasteiger partial charge >= 0.3 is 0 Å². The molecule has 0 fully saturated rings. The predicted molar refractivity (Wildman–Crippen MR) is 84.2 cm³/mol. The van der Waals surface area contributed by atoms with Gasteiger partial charge in [0.05, 0.1) is 5.69 Å². The summed E-state index contributed by atoms with van der Waals surface area (Å²) in [6.07, 6.45) is 2.07. The summed E-state index contributed by atoms with van der Waals surface area (Å²) < 4.78 is 1.99. The average molecular weight is 292 g/mol. The fraction of sp³-hybridized carbons (Fsp3) is 0.438. The van der Waals surface area contributed by atoms with Crippen LogP contribution in [0.4, 0.5) is 0 Å². The summed E-state index contributed by atoms with van der Waals surface area (Å²) in [4.78, 5) is 0. The highest BCUT2D eigenvalue weighted by Gasteiger charge is 2.13. The highest BCUT2D eigenvalue weighted by atomic mass is 35.5. The van der Waals surface area contributed by atoms with Crippen LogP contribution in [-0.4, -0.2) is 23.4 Å². The third-order valence-electron chi connectivity index (χ3n) is 3.53. The molecule has 0 amide bonds. The molecule has 2 aromatic rings. The van der Waals surface area contributed by atoms with Crippen molar-refractivity contribution in [3.63, 3.8) is 0 Å². The van der Waals surface area contributed by atoms with E-state index in [0.717, 1.165) is 30.1 Å². The van der Waals surface area contributed by atoms with E-state index in [0.29, 0.717) is 5.92 Å². The molecule has 2 rings (SSSR count). The molecule has 1 heterocycles. The molecule has 0 saturated carbocycles. The van der Waals surface area contributed by atoms with E-state index in [-0.39, 0.29) is 0 Å². The Morgan fingerprint density at radius 3 is 2.50 bits per heavy atom. The minimum Gasteiger partial charge on any atom is -0.319 e. The monoisotopic (exact) mass is 291 g/mol. The molecule has 0 aliphatic carbocycles. The van der Waals surface area contributed by atoms with Crippen LogP contribution in [0.3, 0.4) is 0 Å². The van der Waals surface area contributed by atoms with Gasteiger partial charge in [-0.15, -0.1) is 0 Å². The van der Waals surface area contributed by atoms with Gasteiger partial charge in [-0.3, -0.25) is 4.68 Å². The molecular formula is C16H22ClN3. The first-order chi connectivity index (χ1) is 9.58. The number of halogens is 1. The Labute approximate surface area is 126 Å². The van der Waals surface area contributed by atoms with Gasteiger partial charge in [0.1, 0.15) is 0 Å². The molecule has 3 nitrogen and oxygen atoms in total. The van der Waals surface area contributed by atoms with Gasteiger partial charge in [0.15, 0.2) is 0 Å². The van der Waals surface area contributed by atoms with Gasteiger partial charge in [0.2, 0.25) is 0 Å². The first kappa shape index (κ1) is 15.1. The lowest BCUT2D eigenvalue weighted by molar-refractivity contribution is 0.477. The van der Waals surface area contributed by atoms with Crippen LogP contribution in [0.5, 0.6) is 0 Å². The maximum atomic E-state index is 5.94. The number of rotatable bonds is 6. The first-order valence-electron chi connectivity index (χ1n) is 6.97. The second-order valence-electron chi connectivity index (χ2n) is 5.36. The summed E-state index contributed by atoms with van der Waals surface area (Å²) in [5.41, 5.74) is 3.70. The summed E-state index contributed by atoms with van der Waals surface area (Å²) in [6, 6.07) is 10.3. The van der Waals surface area contributed by atoms with Gasteiger partial charge in [-0.25, -0.2) is 0 Å². The molecule has 1 atom stereocenters. The molecule has 0 saturated heterocycles. The minimum absolute atomic E-state index is 0.552. The van der Waals surface area contributed by atoms with Crippen LogP contribution in [-0.2, 0) is 19.9 Å². The Morgan fingerprint density at radius 1 is 1.25 bits per heavy atom. The topological polar surface area (TPSA) is 29.9 Å².